The minimum absolute atomic E-state index is 0. The first-order chi connectivity index (χ1) is 10.0. The number of para-hydroxylation sites is 1. The van der Waals surface area contributed by atoms with Crippen LogP contribution in [-0.2, 0) is 4.74 Å². The summed E-state index contributed by atoms with van der Waals surface area (Å²) in [6.07, 6.45) is 3.91. The molecule has 1 aromatic rings. The number of halogens is 2. The Kier molecular flexibility index (Phi) is 5.59. The van der Waals surface area contributed by atoms with Crippen molar-refractivity contribution in [3.05, 3.63) is 28.8 Å². The maximum Gasteiger partial charge on any atom is 0.411 e. The molecule has 2 fully saturated rings. The van der Waals surface area contributed by atoms with E-state index in [1.807, 2.05) is 19.1 Å². The molecule has 2 aliphatic rings. The molecule has 2 aliphatic heterocycles. The number of ether oxygens (including phenoxy) is 1. The zero-order chi connectivity index (χ0) is 15.0. The van der Waals surface area contributed by atoms with Gasteiger partial charge in [0.05, 0.1) is 10.7 Å². The lowest BCUT2D eigenvalue weighted by molar-refractivity contribution is 0.0348. The summed E-state index contributed by atoms with van der Waals surface area (Å²) < 4.78 is 5.60. The zero-order valence-electron chi connectivity index (χ0n) is 12.8. The third-order valence-corrected chi connectivity index (χ3v) is 5.09. The van der Waals surface area contributed by atoms with E-state index in [-0.39, 0.29) is 18.5 Å². The number of hydrogen-bond donors (Lipinski definition) is 1. The minimum Gasteiger partial charge on any atom is -0.446 e. The van der Waals surface area contributed by atoms with Crippen molar-refractivity contribution in [2.45, 2.75) is 50.8 Å². The lowest BCUT2D eigenvalue weighted by atomic mass is 10.0. The van der Waals surface area contributed by atoms with Gasteiger partial charge < -0.3 is 9.64 Å². The van der Waals surface area contributed by atoms with Gasteiger partial charge in [0.2, 0.25) is 0 Å². The highest BCUT2D eigenvalue weighted by atomic mass is 35.5. The predicted octanol–water partition coefficient (Wildman–Crippen LogP) is 4.24. The van der Waals surface area contributed by atoms with E-state index in [4.69, 9.17) is 16.3 Å². The Morgan fingerprint density at radius 2 is 1.95 bits per heavy atom. The molecule has 1 N–H and O–H groups in total. The van der Waals surface area contributed by atoms with Gasteiger partial charge in [-0.25, -0.2) is 4.79 Å². The second-order valence-electron chi connectivity index (χ2n) is 6.11. The van der Waals surface area contributed by atoms with Crippen LogP contribution in [0.2, 0.25) is 5.02 Å². The molecule has 6 heteroatoms. The number of aryl methyl sites for hydroxylation is 1. The molecular formula is C16H22Cl2N2O2. The topological polar surface area (TPSA) is 41.6 Å². The van der Waals surface area contributed by atoms with Crippen LogP contribution in [0.5, 0.6) is 0 Å². The van der Waals surface area contributed by atoms with Crippen molar-refractivity contribution in [2.75, 3.05) is 12.4 Å². The van der Waals surface area contributed by atoms with Crippen molar-refractivity contribution >= 4 is 35.8 Å². The Hall–Kier alpha value is -0.970. The summed E-state index contributed by atoms with van der Waals surface area (Å²) in [5, 5.41) is 3.32. The van der Waals surface area contributed by atoms with E-state index in [2.05, 4.69) is 17.3 Å². The van der Waals surface area contributed by atoms with Gasteiger partial charge in [-0.2, -0.15) is 0 Å². The van der Waals surface area contributed by atoms with Gasteiger partial charge in [0, 0.05) is 24.9 Å². The lowest BCUT2D eigenvalue weighted by Crippen LogP contribution is -2.43. The Balaban J connectivity index is 0.00000176. The number of carbonyl (C=O) groups is 1. The van der Waals surface area contributed by atoms with Gasteiger partial charge in [-0.1, -0.05) is 23.7 Å². The average molecular weight is 345 g/mol. The molecule has 2 bridgehead atoms. The van der Waals surface area contributed by atoms with E-state index in [1.54, 1.807) is 6.07 Å². The fourth-order valence-corrected chi connectivity index (χ4v) is 3.80. The number of anilines is 1. The van der Waals surface area contributed by atoms with Crippen molar-refractivity contribution in [1.82, 2.24) is 4.90 Å². The maximum atomic E-state index is 12.1. The van der Waals surface area contributed by atoms with Gasteiger partial charge in [-0.3, -0.25) is 5.32 Å². The molecule has 122 valence electrons. The van der Waals surface area contributed by atoms with Crippen LogP contribution < -0.4 is 5.32 Å². The second-order valence-corrected chi connectivity index (χ2v) is 6.51. The number of hydrogen-bond acceptors (Lipinski definition) is 3. The zero-order valence-corrected chi connectivity index (χ0v) is 14.4. The molecule has 0 saturated carbocycles. The lowest BCUT2D eigenvalue weighted by Gasteiger charge is -2.35. The standard InChI is InChI=1S/C16H21ClN2O2.ClH/c1-10-4-3-5-14(17)15(10)18-16(20)21-13-8-11-6-7-12(9-13)19(11)2;/h3-5,11-13H,6-9H2,1-2H3,(H,18,20);1H/t11-,12+,13?;. The molecule has 3 atom stereocenters. The number of fused-ring (bicyclic) bond motifs is 2. The highest BCUT2D eigenvalue weighted by Crippen LogP contribution is 2.35. The summed E-state index contributed by atoms with van der Waals surface area (Å²) in [6, 6.07) is 6.66. The van der Waals surface area contributed by atoms with E-state index >= 15 is 0 Å². The molecular weight excluding hydrogens is 323 g/mol. The van der Waals surface area contributed by atoms with Gasteiger partial charge >= 0.3 is 6.09 Å². The van der Waals surface area contributed by atoms with E-state index < -0.39 is 6.09 Å². The van der Waals surface area contributed by atoms with E-state index in [0.717, 1.165) is 18.4 Å². The number of piperidine rings is 1. The third-order valence-electron chi connectivity index (χ3n) is 4.78. The SMILES string of the molecule is Cc1cccc(Cl)c1NC(=O)OC1C[C@H]2CC[C@@H](C1)N2C.Cl. The molecule has 22 heavy (non-hydrogen) atoms. The molecule has 2 heterocycles. The first-order valence-corrected chi connectivity index (χ1v) is 7.87. The fraction of sp³-hybridized carbons (Fsp3) is 0.562. The molecule has 2 saturated heterocycles. The number of nitrogens with one attached hydrogen (secondary N) is 1. The number of amides is 1. The second kappa shape index (κ2) is 7.07. The molecule has 1 amide bonds. The Bertz CT molecular complexity index is 519. The van der Waals surface area contributed by atoms with Gasteiger partial charge in [-0.15, -0.1) is 12.4 Å². The highest BCUT2D eigenvalue weighted by molar-refractivity contribution is 6.33. The maximum absolute atomic E-state index is 12.1. The molecule has 1 aromatic carbocycles. The average Bonchev–Trinajstić information content (AvgIpc) is 2.65. The Morgan fingerprint density at radius 3 is 2.55 bits per heavy atom. The summed E-state index contributed by atoms with van der Waals surface area (Å²) in [6.45, 7) is 1.91. The van der Waals surface area contributed by atoms with Crippen LogP contribution in [0.1, 0.15) is 31.2 Å². The highest BCUT2D eigenvalue weighted by Gasteiger charge is 2.39. The quantitative estimate of drug-likeness (QED) is 0.872. The summed E-state index contributed by atoms with van der Waals surface area (Å²) in [4.78, 5) is 14.5. The first kappa shape index (κ1) is 17.4. The normalized spacial score (nSPS) is 27.1. The molecule has 4 nitrogen and oxygen atoms in total. The minimum atomic E-state index is -0.403. The number of carbonyl (C=O) groups excluding carboxylic acids is 1. The van der Waals surface area contributed by atoms with Gasteiger partial charge in [-0.05, 0) is 38.4 Å². The summed E-state index contributed by atoms with van der Waals surface area (Å²) >= 11 is 6.11. The van der Waals surface area contributed by atoms with Gasteiger partial charge in [0.1, 0.15) is 6.10 Å². The summed E-state index contributed by atoms with van der Waals surface area (Å²) in [7, 11) is 2.17. The summed E-state index contributed by atoms with van der Waals surface area (Å²) in [5.41, 5.74) is 1.57. The monoisotopic (exact) mass is 344 g/mol. The number of nitrogens with zero attached hydrogens (tertiary/aromatic N) is 1. The fourth-order valence-electron chi connectivity index (χ4n) is 3.53. The summed E-state index contributed by atoms with van der Waals surface area (Å²) in [5.74, 6) is 0. The molecule has 3 rings (SSSR count). The van der Waals surface area contributed by atoms with Crippen LogP contribution in [0.4, 0.5) is 10.5 Å². The first-order valence-electron chi connectivity index (χ1n) is 7.49. The van der Waals surface area contributed by atoms with Crippen molar-refractivity contribution in [3.63, 3.8) is 0 Å². The molecule has 1 unspecified atom stereocenters. The van der Waals surface area contributed by atoms with Crippen molar-refractivity contribution in [1.29, 1.82) is 0 Å². The smallest absolute Gasteiger partial charge is 0.411 e. The Morgan fingerprint density at radius 1 is 1.32 bits per heavy atom. The van der Waals surface area contributed by atoms with Crippen molar-refractivity contribution < 1.29 is 9.53 Å². The number of benzene rings is 1. The van der Waals surface area contributed by atoms with Gasteiger partial charge in [0.15, 0.2) is 0 Å². The van der Waals surface area contributed by atoms with Crippen LogP contribution in [0.15, 0.2) is 18.2 Å². The molecule has 0 radical (unpaired) electrons. The van der Waals surface area contributed by atoms with Gasteiger partial charge in [0.25, 0.3) is 0 Å². The van der Waals surface area contributed by atoms with Crippen LogP contribution in [0.3, 0.4) is 0 Å². The number of rotatable bonds is 2. The van der Waals surface area contributed by atoms with E-state index in [9.17, 15) is 4.79 Å². The van der Waals surface area contributed by atoms with Crippen LogP contribution in [0, 0.1) is 6.92 Å². The van der Waals surface area contributed by atoms with E-state index in [0.29, 0.717) is 22.8 Å². The molecule has 0 aromatic heterocycles. The third kappa shape index (κ3) is 3.50. The van der Waals surface area contributed by atoms with Crippen LogP contribution >= 0.6 is 24.0 Å². The predicted molar refractivity (Wildman–Crippen MR) is 91.1 cm³/mol. The van der Waals surface area contributed by atoms with Crippen LogP contribution in [-0.4, -0.2) is 36.2 Å². The van der Waals surface area contributed by atoms with E-state index in [1.165, 1.54) is 12.8 Å². The van der Waals surface area contributed by atoms with Crippen molar-refractivity contribution in [2.24, 2.45) is 0 Å². The largest absolute Gasteiger partial charge is 0.446 e. The van der Waals surface area contributed by atoms with Crippen molar-refractivity contribution in [3.8, 4) is 0 Å². The molecule has 0 aliphatic carbocycles. The Labute approximate surface area is 142 Å². The molecule has 0 spiro atoms. The van der Waals surface area contributed by atoms with Crippen LogP contribution in [0.25, 0.3) is 0 Å².